The van der Waals surface area contributed by atoms with Crippen LogP contribution < -0.4 is 4.74 Å². The van der Waals surface area contributed by atoms with Gasteiger partial charge in [0, 0.05) is 23.8 Å². The molecule has 0 fully saturated rings. The summed E-state index contributed by atoms with van der Waals surface area (Å²) in [5.74, 6) is 1.62. The maximum absolute atomic E-state index is 11.8. The average Bonchev–Trinajstić information content (AvgIpc) is 2.66. The lowest BCUT2D eigenvalue weighted by atomic mass is 9.91. The van der Waals surface area contributed by atoms with Gasteiger partial charge in [0.25, 0.3) is 0 Å². The van der Waals surface area contributed by atoms with Gasteiger partial charge < -0.3 is 4.74 Å². The zero-order chi connectivity index (χ0) is 19.0. The molecule has 3 aromatic carbocycles. The molecule has 0 aromatic heterocycles. The van der Waals surface area contributed by atoms with E-state index in [2.05, 4.69) is 31.2 Å². The molecule has 0 amide bonds. The van der Waals surface area contributed by atoms with Crippen LogP contribution in [0.5, 0.6) is 5.75 Å². The van der Waals surface area contributed by atoms with Crippen LogP contribution in [0.1, 0.15) is 22.3 Å². The third kappa shape index (κ3) is 3.53. The van der Waals surface area contributed by atoms with E-state index in [1.807, 2.05) is 36.4 Å². The fourth-order valence-electron chi connectivity index (χ4n) is 3.34. The summed E-state index contributed by atoms with van der Waals surface area (Å²) in [6.07, 6.45) is 1.98. The monoisotopic (exact) mass is 376 g/mol. The van der Waals surface area contributed by atoms with Crippen molar-refractivity contribution in [2.45, 2.75) is 18.2 Å². The number of hydrogen-bond donors (Lipinski definition) is 0. The van der Waals surface area contributed by atoms with E-state index in [0.717, 1.165) is 40.2 Å². The van der Waals surface area contributed by atoms with Gasteiger partial charge in [-0.2, -0.15) is 0 Å². The molecular weight excluding hydrogens is 356 g/mol. The fraction of sp³-hybridized carbons (Fsp3) is 0.130. The first-order valence-corrected chi connectivity index (χ1v) is 10.7. The van der Waals surface area contributed by atoms with Gasteiger partial charge in [0.2, 0.25) is 0 Å². The zero-order valence-electron chi connectivity index (χ0n) is 15.3. The predicted molar refractivity (Wildman–Crippen MR) is 108 cm³/mol. The number of fused-ring (bicyclic) bond motifs is 1. The van der Waals surface area contributed by atoms with Gasteiger partial charge in [-0.25, -0.2) is 8.42 Å². The number of benzene rings is 3. The Morgan fingerprint density at radius 3 is 2.30 bits per heavy atom. The number of sulfone groups is 1. The predicted octanol–water partition coefficient (Wildman–Crippen LogP) is 4.90. The molecule has 1 heterocycles. The van der Waals surface area contributed by atoms with E-state index in [1.165, 1.54) is 11.8 Å². The molecule has 4 rings (SSSR count). The summed E-state index contributed by atoms with van der Waals surface area (Å²) in [6, 6.07) is 23.3. The molecular formula is C23H20O3S. The van der Waals surface area contributed by atoms with Crippen molar-refractivity contribution in [2.75, 3.05) is 6.26 Å². The third-order valence-corrected chi connectivity index (χ3v) is 5.87. The maximum Gasteiger partial charge on any atom is 0.175 e. The minimum atomic E-state index is -3.23. The molecule has 4 heteroatoms. The maximum atomic E-state index is 11.8. The van der Waals surface area contributed by atoms with Crippen LogP contribution in [0.4, 0.5) is 0 Å². The van der Waals surface area contributed by atoms with Crippen molar-refractivity contribution in [3.63, 3.8) is 0 Å². The highest BCUT2D eigenvalue weighted by atomic mass is 32.2. The number of aryl methyl sites for hydroxylation is 1. The summed E-state index contributed by atoms with van der Waals surface area (Å²) >= 11 is 0. The quantitative estimate of drug-likeness (QED) is 0.653. The second kappa shape index (κ2) is 6.71. The van der Waals surface area contributed by atoms with E-state index in [4.69, 9.17) is 4.74 Å². The molecule has 3 nitrogen and oxygen atoms in total. The Morgan fingerprint density at radius 1 is 0.852 bits per heavy atom. The Bertz CT molecular complexity index is 1140. The Kier molecular flexibility index (Phi) is 4.36. The first kappa shape index (κ1) is 17.6. The molecule has 1 aliphatic heterocycles. The first-order chi connectivity index (χ1) is 12.9. The van der Waals surface area contributed by atoms with Crippen LogP contribution in [0.25, 0.3) is 11.3 Å². The molecule has 0 saturated carbocycles. The summed E-state index contributed by atoms with van der Waals surface area (Å²) < 4.78 is 29.8. The lowest BCUT2D eigenvalue weighted by molar-refractivity contribution is 0.502. The van der Waals surface area contributed by atoms with Gasteiger partial charge in [-0.05, 0) is 48.4 Å². The summed E-state index contributed by atoms with van der Waals surface area (Å²) in [6.45, 7) is 2.07. The topological polar surface area (TPSA) is 43.4 Å². The fourth-order valence-corrected chi connectivity index (χ4v) is 3.97. The molecule has 0 bridgehead atoms. The van der Waals surface area contributed by atoms with Crippen LogP contribution >= 0.6 is 0 Å². The number of para-hydroxylation sites is 1. The summed E-state index contributed by atoms with van der Waals surface area (Å²) in [5, 5.41) is 0. The normalized spacial score (nSPS) is 13.9. The SMILES string of the molecule is Cc1cccc(C2=C(c3ccc(S(C)(=O)=O)cc3)Oc3ccccc3C2)c1. The molecule has 0 atom stereocenters. The number of hydrogen-bond acceptors (Lipinski definition) is 3. The lowest BCUT2D eigenvalue weighted by Gasteiger charge is -2.24. The standard InChI is InChI=1S/C23H20O3S/c1-16-6-5-8-18(14-16)21-15-19-7-3-4-9-22(19)26-23(21)17-10-12-20(13-11-17)27(2,24)25/h3-14H,15H2,1-2H3. The number of allylic oxidation sites excluding steroid dienone is 1. The van der Waals surface area contributed by atoms with Gasteiger partial charge in [0.15, 0.2) is 9.84 Å². The molecule has 0 aliphatic carbocycles. The van der Waals surface area contributed by atoms with E-state index in [0.29, 0.717) is 4.90 Å². The van der Waals surface area contributed by atoms with Crippen LogP contribution in [-0.4, -0.2) is 14.7 Å². The highest BCUT2D eigenvalue weighted by Gasteiger charge is 2.22. The average molecular weight is 376 g/mol. The highest BCUT2D eigenvalue weighted by Crippen LogP contribution is 2.39. The molecule has 1 aliphatic rings. The Balaban J connectivity index is 1.87. The van der Waals surface area contributed by atoms with Gasteiger partial charge in [-0.3, -0.25) is 0 Å². The molecule has 0 saturated heterocycles. The molecule has 136 valence electrons. The van der Waals surface area contributed by atoms with E-state index in [1.54, 1.807) is 12.1 Å². The first-order valence-electron chi connectivity index (χ1n) is 8.78. The Hall–Kier alpha value is -2.85. The third-order valence-electron chi connectivity index (χ3n) is 4.74. The molecule has 3 aromatic rings. The van der Waals surface area contributed by atoms with Crippen molar-refractivity contribution < 1.29 is 13.2 Å². The van der Waals surface area contributed by atoms with Crippen molar-refractivity contribution >= 4 is 21.2 Å². The molecule has 0 N–H and O–H groups in total. The van der Waals surface area contributed by atoms with Gasteiger partial charge >= 0.3 is 0 Å². The minimum Gasteiger partial charge on any atom is -0.456 e. The molecule has 0 spiro atoms. The van der Waals surface area contributed by atoms with Crippen LogP contribution in [0, 0.1) is 6.92 Å². The van der Waals surface area contributed by atoms with Crippen molar-refractivity contribution in [2.24, 2.45) is 0 Å². The molecule has 27 heavy (non-hydrogen) atoms. The Morgan fingerprint density at radius 2 is 1.59 bits per heavy atom. The van der Waals surface area contributed by atoms with Crippen LogP contribution in [0.2, 0.25) is 0 Å². The largest absolute Gasteiger partial charge is 0.456 e. The van der Waals surface area contributed by atoms with Gasteiger partial charge in [0.1, 0.15) is 11.5 Å². The highest BCUT2D eigenvalue weighted by molar-refractivity contribution is 7.90. The molecule has 0 radical (unpaired) electrons. The van der Waals surface area contributed by atoms with Gasteiger partial charge in [-0.1, -0.05) is 48.0 Å². The van der Waals surface area contributed by atoms with Crippen LogP contribution in [0.3, 0.4) is 0 Å². The Labute approximate surface area is 159 Å². The second-order valence-corrected chi connectivity index (χ2v) is 8.88. The van der Waals surface area contributed by atoms with E-state index >= 15 is 0 Å². The smallest absolute Gasteiger partial charge is 0.175 e. The zero-order valence-corrected chi connectivity index (χ0v) is 16.1. The molecule has 0 unspecified atom stereocenters. The minimum absolute atomic E-state index is 0.306. The number of ether oxygens (including phenoxy) is 1. The lowest BCUT2D eigenvalue weighted by Crippen LogP contribution is -2.09. The van der Waals surface area contributed by atoms with E-state index < -0.39 is 9.84 Å². The van der Waals surface area contributed by atoms with Crippen LogP contribution in [-0.2, 0) is 16.3 Å². The van der Waals surface area contributed by atoms with Crippen molar-refractivity contribution in [3.05, 3.63) is 95.1 Å². The summed E-state index contributed by atoms with van der Waals surface area (Å²) in [4.78, 5) is 0.306. The van der Waals surface area contributed by atoms with Crippen molar-refractivity contribution in [1.82, 2.24) is 0 Å². The van der Waals surface area contributed by atoms with Gasteiger partial charge in [0.05, 0.1) is 4.90 Å². The summed E-state index contributed by atoms with van der Waals surface area (Å²) in [7, 11) is -3.23. The van der Waals surface area contributed by atoms with Gasteiger partial charge in [-0.15, -0.1) is 0 Å². The van der Waals surface area contributed by atoms with Crippen molar-refractivity contribution in [1.29, 1.82) is 0 Å². The van der Waals surface area contributed by atoms with E-state index in [-0.39, 0.29) is 0 Å². The van der Waals surface area contributed by atoms with Crippen molar-refractivity contribution in [3.8, 4) is 5.75 Å². The second-order valence-electron chi connectivity index (χ2n) is 6.86. The van der Waals surface area contributed by atoms with Crippen LogP contribution in [0.15, 0.2) is 77.7 Å². The number of rotatable bonds is 3. The summed E-state index contributed by atoms with van der Waals surface area (Å²) in [5.41, 5.74) is 5.42. The van der Waals surface area contributed by atoms with E-state index in [9.17, 15) is 8.42 Å².